The van der Waals surface area contributed by atoms with Crippen LogP contribution in [0, 0.1) is 0 Å². The van der Waals surface area contributed by atoms with Crippen molar-refractivity contribution in [3.8, 4) is 5.75 Å². The molecule has 1 aromatic rings. The van der Waals surface area contributed by atoms with Crippen molar-refractivity contribution in [2.24, 2.45) is 0 Å². The molecule has 0 bridgehead atoms. The van der Waals surface area contributed by atoms with Gasteiger partial charge in [-0.3, -0.25) is 10.1 Å². The van der Waals surface area contributed by atoms with Crippen LogP contribution >= 0.6 is 0 Å². The Morgan fingerprint density at radius 3 is 2.56 bits per heavy atom. The molecular formula is C14H18N2O2. The standard InChI is InChI=1S/C14H18N2O2/c1-3-16-12(15-14(8-9-14)13(16)17)10-4-6-11(18-2)7-5-10/h4-7,12,15H,3,8-9H2,1-2H3. The number of carbonyl (C=O) groups is 1. The molecule has 4 nitrogen and oxygen atoms in total. The first-order chi connectivity index (χ1) is 8.70. The second kappa shape index (κ2) is 3.99. The number of carbonyl (C=O) groups excluding carboxylic acids is 1. The Balaban J connectivity index is 1.88. The molecular weight excluding hydrogens is 228 g/mol. The monoisotopic (exact) mass is 246 g/mol. The lowest BCUT2D eigenvalue weighted by Crippen LogP contribution is -2.32. The molecule has 1 spiro atoms. The predicted molar refractivity (Wildman–Crippen MR) is 68.2 cm³/mol. The molecule has 1 aliphatic heterocycles. The average molecular weight is 246 g/mol. The number of nitrogens with one attached hydrogen (secondary N) is 1. The summed E-state index contributed by atoms with van der Waals surface area (Å²) in [6.45, 7) is 2.77. The number of amides is 1. The van der Waals surface area contributed by atoms with Crippen LogP contribution in [0.4, 0.5) is 0 Å². The van der Waals surface area contributed by atoms with Crippen LogP contribution in [0.25, 0.3) is 0 Å². The van der Waals surface area contributed by atoms with E-state index in [0.29, 0.717) is 0 Å². The van der Waals surface area contributed by atoms with Crippen molar-refractivity contribution in [3.05, 3.63) is 29.8 Å². The maximum atomic E-state index is 12.3. The first kappa shape index (κ1) is 11.5. The summed E-state index contributed by atoms with van der Waals surface area (Å²) in [6, 6.07) is 7.92. The van der Waals surface area contributed by atoms with Gasteiger partial charge in [-0.15, -0.1) is 0 Å². The number of methoxy groups -OCH3 is 1. The minimum Gasteiger partial charge on any atom is -0.497 e. The number of likely N-dealkylation sites (N-methyl/N-ethyl adjacent to an activating group) is 1. The summed E-state index contributed by atoms with van der Waals surface area (Å²) in [5, 5.41) is 3.48. The summed E-state index contributed by atoms with van der Waals surface area (Å²) in [6.07, 6.45) is 1.94. The van der Waals surface area contributed by atoms with E-state index in [1.807, 2.05) is 36.1 Å². The van der Waals surface area contributed by atoms with E-state index < -0.39 is 0 Å². The second-order valence-electron chi connectivity index (χ2n) is 4.99. The summed E-state index contributed by atoms with van der Waals surface area (Å²) in [5.41, 5.74) is 0.871. The van der Waals surface area contributed by atoms with Crippen LogP contribution < -0.4 is 10.1 Å². The Bertz CT molecular complexity index is 465. The van der Waals surface area contributed by atoms with E-state index in [0.717, 1.165) is 30.7 Å². The van der Waals surface area contributed by atoms with Gasteiger partial charge in [0, 0.05) is 6.54 Å². The molecule has 1 aliphatic carbocycles. The Morgan fingerprint density at radius 1 is 1.39 bits per heavy atom. The first-order valence-corrected chi connectivity index (χ1v) is 6.43. The van der Waals surface area contributed by atoms with Gasteiger partial charge in [-0.25, -0.2) is 0 Å². The quantitative estimate of drug-likeness (QED) is 0.882. The molecule has 1 atom stereocenters. The van der Waals surface area contributed by atoms with E-state index in [2.05, 4.69) is 5.32 Å². The number of hydrogen-bond donors (Lipinski definition) is 1. The molecule has 1 saturated carbocycles. The van der Waals surface area contributed by atoms with Gasteiger partial charge in [0.05, 0.1) is 7.11 Å². The number of hydrogen-bond acceptors (Lipinski definition) is 3. The zero-order valence-corrected chi connectivity index (χ0v) is 10.8. The summed E-state index contributed by atoms with van der Waals surface area (Å²) in [5.74, 6) is 1.10. The minimum absolute atomic E-state index is 0.0101. The van der Waals surface area contributed by atoms with Gasteiger partial charge in [0.2, 0.25) is 5.91 Å². The van der Waals surface area contributed by atoms with Crippen molar-refractivity contribution >= 4 is 5.91 Å². The molecule has 18 heavy (non-hydrogen) atoms. The molecule has 0 aromatic heterocycles. The zero-order valence-electron chi connectivity index (χ0n) is 10.8. The predicted octanol–water partition coefficient (Wildman–Crippen LogP) is 1.68. The molecule has 2 fully saturated rings. The average Bonchev–Trinajstić information content (AvgIpc) is 3.13. The van der Waals surface area contributed by atoms with Crippen molar-refractivity contribution in [1.82, 2.24) is 10.2 Å². The van der Waals surface area contributed by atoms with Crippen LogP contribution in [0.1, 0.15) is 31.5 Å². The second-order valence-corrected chi connectivity index (χ2v) is 4.99. The van der Waals surface area contributed by atoms with Crippen LogP contribution in [-0.2, 0) is 4.79 Å². The number of ether oxygens (including phenoxy) is 1. The van der Waals surface area contributed by atoms with E-state index in [9.17, 15) is 4.79 Å². The van der Waals surface area contributed by atoms with E-state index in [4.69, 9.17) is 4.74 Å². The topological polar surface area (TPSA) is 41.6 Å². The molecule has 1 unspecified atom stereocenters. The van der Waals surface area contributed by atoms with Crippen LogP contribution in [-0.4, -0.2) is 30.0 Å². The van der Waals surface area contributed by atoms with E-state index >= 15 is 0 Å². The van der Waals surface area contributed by atoms with Crippen LogP contribution in [0.2, 0.25) is 0 Å². The van der Waals surface area contributed by atoms with Crippen molar-refractivity contribution in [3.63, 3.8) is 0 Å². The lowest BCUT2D eigenvalue weighted by molar-refractivity contribution is -0.130. The van der Waals surface area contributed by atoms with Gasteiger partial charge < -0.3 is 9.64 Å². The van der Waals surface area contributed by atoms with Gasteiger partial charge in [-0.1, -0.05) is 12.1 Å². The summed E-state index contributed by atoms with van der Waals surface area (Å²) >= 11 is 0. The van der Waals surface area contributed by atoms with Gasteiger partial charge in [0.15, 0.2) is 0 Å². The van der Waals surface area contributed by atoms with Gasteiger partial charge in [-0.2, -0.15) is 0 Å². The molecule has 3 rings (SSSR count). The highest BCUT2D eigenvalue weighted by Gasteiger charge is 2.58. The van der Waals surface area contributed by atoms with Crippen molar-refractivity contribution in [2.45, 2.75) is 31.5 Å². The largest absolute Gasteiger partial charge is 0.497 e. The number of benzene rings is 1. The lowest BCUT2D eigenvalue weighted by Gasteiger charge is -2.23. The maximum absolute atomic E-state index is 12.3. The normalized spacial score (nSPS) is 24.7. The molecule has 0 radical (unpaired) electrons. The molecule has 96 valence electrons. The summed E-state index contributed by atoms with van der Waals surface area (Å²) < 4.78 is 5.16. The molecule has 1 aromatic carbocycles. The summed E-state index contributed by atoms with van der Waals surface area (Å²) in [7, 11) is 1.66. The van der Waals surface area contributed by atoms with Crippen molar-refractivity contribution < 1.29 is 9.53 Å². The molecule has 1 saturated heterocycles. The highest BCUT2D eigenvalue weighted by Crippen LogP contribution is 2.45. The SMILES string of the molecule is CCN1C(=O)C2(CC2)NC1c1ccc(OC)cc1. The van der Waals surface area contributed by atoms with Crippen LogP contribution in [0.15, 0.2) is 24.3 Å². The Hall–Kier alpha value is -1.55. The van der Waals surface area contributed by atoms with Crippen LogP contribution in [0.5, 0.6) is 5.75 Å². The molecule has 1 N–H and O–H groups in total. The van der Waals surface area contributed by atoms with E-state index in [-0.39, 0.29) is 17.6 Å². The van der Waals surface area contributed by atoms with Gasteiger partial charge in [-0.05, 0) is 37.5 Å². The molecule has 4 heteroatoms. The van der Waals surface area contributed by atoms with Crippen molar-refractivity contribution in [1.29, 1.82) is 0 Å². The fourth-order valence-corrected chi connectivity index (χ4v) is 2.65. The highest BCUT2D eigenvalue weighted by atomic mass is 16.5. The Morgan fingerprint density at radius 2 is 2.06 bits per heavy atom. The highest BCUT2D eigenvalue weighted by molar-refractivity contribution is 5.92. The van der Waals surface area contributed by atoms with Crippen molar-refractivity contribution in [2.75, 3.05) is 13.7 Å². The smallest absolute Gasteiger partial charge is 0.244 e. The van der Waals surface area contributed by atoms with E-state index in [1.54, 1.807) is 7.11 Å². The molecule has 1 heterocycles. The third kappa shape index (κ3) is 1.60. The van der Waals surface area contributed by atoms with E-state index in [1.165, 1.54) is 0 Å². The Labute approximate surface area is 107 Å². The first-order valence-electron chi connectivity index (χ1n) is 6.43. The van der Waals surface area contributed by atoms with Crippen LogP contribution in [0.3, 0.4) is 0 Å². The van der Waals surface area contributed by atoms with Gasteiger partial charge >= 0.3 is 0 Å². The fraction of sp³-hybridized carbons (Fsp3) is 0.500. The Kier molecular flexibility index (Phi) is 2.55. The molecule has 2 aliphatic rings. The third-order valence-corrected chi connectivity index (χ3v) is 3.92. The third-order valence-electron chi connectivity index (χ3n) is 3.92. The minimum atomic E-state index is -0.249. The lowest BCUT2D eigenvalue weighted by atomic mass is 10.1. The van der Waals surface area contributed by atoms with Gasteiger partial charge in [0.1, 0.15) is 17.5 Å². The number of nitrogens with zero attached hydrogens (tertiary/aromatic N) is 1. The van der Waals surface area contributed by atoms with Gasteiger partial charge in [0.25, 0.3) is 0 Å². The summed E-state index contributed by atoms with van der Waals surface area (Å²) in [4.78, 5) is 14.2. The molecule has 1 amide bonds. The maximum Gasteiger partial charge on any atom is 0.244 e. The fourth-order valence-electron chi connectivity index (χ4n) is 2.65. The zero-order chi connectivity index (χ0) is 12.8. The number of rotatable bonds is 3.